The second-order valence-electron chi connectivity index (χ2n) is 11.9. The van der Waals surface area contributed by atoms with Crippen LogP contribution in [0.1, 0.15) is 79.8 Å². The average Bonchev–Trinajstić information content (AvgIpc) is 3.25. The molecule has 5 unspecified atom stereocenters. The summed E-state index contributed by atoms with van der Waals surface area (Å²) < 4.78 is 18.4. The van der Waals surface area contributed by atoms with Crippen molar-refractivity contribution in [2.45, 2.75) is 92.7 Å². The molecule has 7 heteroatoms. The van der Waals surface area contributed by atoms with Crippen molar-refractivity contribution < 1.29 is 23.8 Å². The number of esters is 2. The van der Waals surface area contributed by atoms with Crippen molar-refractivity contribution in [1.82, 2.24) is 9.88 Å². The molecule has 0 saturated carbocycles. The van der Waals surface area contributed by atoms with Crippen molar-refractivity contribution in [2.24, 2.45) is 22.7 Å². The second kappa shape index (κ2) is 10.3. The van der Waals surface area contributed by atoms with E-state index in [1.807, 2.05) is 53.8 Å². The summed E-state index contributed by atoms with van der Waals surface area (Å²) in [5.74, 6) is -0.414. The molecule has 2 saturated heterocycles. The van der Waals surface area contributed by atoms with Crippen LogP contribution in [-0.4, -0.2) is 53.4 Å². The van der Waals surface area contributed by atoms with Crippen LogP contribution >= 0.6 is 0 Å². The minimum atomic E-state index is -0.611. The highest BCUT2D eigenvalue weighted by molar-refractivity contribution is 5.76. The molecule has 0 aromatic carbocycles. The zero-order chi connectivity index (χ0) is 25.3. The second-order valence-corrected chi connectivity index (χ2v) is 11.9. The van der Waals surface area contributed by atoms with Crippen LogP contribution in [0, 0.1) is 22.7 Å². The Balaban J connectivity index is 1.88. The Morgan fingerprint density at radius 3 is 2.35 bits per heavy atom. The fraction of sp³-hybridized carbons (Fsp3) is 0.741. The highest BCUT2D eigenvalue weighted by Gasteiger charge is 2.49. The summed E-state index contributed by atoms with van der Waals surface area (Å²) in [5.41, 5.74) is -0.0551. The van der Waals surface area contributed by atoms with Crippen molar-refractivity contribution in [1.29, 1.82) is 0 Å². The number of ether oxygens (including phenoxy) is 3. The Morgan fingerprint density at radius 1 is 1.09 bits per heavy atom. The van der Waals surface area contributed by atoms with Crippen LogP contribution in [0.3, 0.4) is 0 Å². The lowest BCUT2D eigenvalue weighted by Crippen LogP contribution is -2.59. The Morgan fingerprint density at radius 2 is 1.76 bits per heavy atom. The van der Waals surface area contributed by atoms with Gasteiger partial charge in [-0.15, -0.1) is 0 Å². The molecule has 0 N–H and O–H groups in total. The predicted octanol–water partition coefficient (Wildman–Crippen LogP) is 4.76. The third-order valence-electron chi connectivity index (χ3n) is 7.07. The fourth-order valence-electron chi connectivity index (χ4n) is 4.60. The van der Waals surface area contributed by atoms with Crippen molar-refractivity contribution >= 4 is 11.9 Å². The topological polar surface area (TPSA) is 78.0 Å². The molecular formula is C27H42N2O5. The van der Waals surface area contributed by atoms with Crippen LogP contribution in [0.25, 0.3) is 0 Å². The van der Waals surface area contributed by atoms with Crippen LogP contribution < -0.4 is 0 Å². The quantitative estimate of drug-likeness (QED) is 0.569. The van der Waals surface area contributed by atoms with Gasteiger partial charge in [-0.05, 0) is 71.9 Å². The maximum Gasteiger partial charge on any atom is 0.311 e. The van der Waals surface area contributed by atoms with Crippen LogP contribution in [0.15, 0.2) is 24.5 Å². The molecule has 6 atom stereocenters. The molecule has 190 valence electrons. The van der Waals surface area contributed by atoms with E-state index >= 15 is 0 Å². The number of pyridine rings is 1. The maximum absolute atomic E-state index is 12.9. The minimum Gasteiger partial charge on any atom is -0.463 e. The van der Waals surface area contributed by atoms with Gasteiger partial charge < -0.3 is 14.2 Å². The molecule has 3 heterocycles. The number of carbonyl (C=O) groups excluding carboxylic acids is 2. The van der Waals surface area contributed by atoms with Gasteiger partial charge in [0.2, 0.25) is 0 Å². The fourth-order valence-corrected chi connectivity index (χ4v) is 4.60. The molecule has 7 nitrogen and oxygen atoms in total. The molecule has 2 aliphatic heterocycles. The summed E-state index contributed by atoms with van der Waals surface area (Å²) in [6.07, 6.45) is 4.54. The molecule has 1 aromatic heterocycles. The van der Waals surface area contributed by atoms with E-state index in [9.17, 15) is 9.59 Å². The number of carbonyl (C=O) groups is 2. The average molecular weight is 475 g/mol. The summed E-state index contributed by atoms with van der Waals surface area (Å²) in [7, 11) is 0. The number of likely N-dealkylation sites (tertiary alicyclic amines) is 1. The Bertz CT molecular complexity index is 843. The van der Waals surface area contributed by atoms with Gasteiger partial charge >= 0.3 is 11.9 Å². The van der Waals surface area contributed by atoms with Gasteiger partial charge in [-0.3, -0.25) is 19.5 Å². The molecule has 2 aliphatic rings. The lowest BCUT2D eigenvalue weighted by Gasteiger charge is -2.48. The van der Waals surface area contributed by atoms with Crippen LogP contribution in [0.2, 0.25) is 0 Å². The molecule has 0 radical (unpaired) electrons. The predicted molar refractivity (Wildman–Crippen MR) is 130 cm³/mol. The lowest BCUT2D eigenvalue weighted by molar-refractivity contribution is -0.247. The Kier molecular flexibility index (Phi) is 8.08. The summed E-state index contributed by atoms with van der Waals surface area (Å²) >= 11 is 0. The van der Waals surface area contributed by atoms with Crippen molar-refractivity contribution in [3.05, 3.63) is 30.1 Å². The molecule has 0 spiro atoms. The van der Waals surface area contributed by atoms with E-state index < -0.39 is 23.2 Å². The Hall–Kier alpha value is -1.99. The van der Waals surface area contributed by atoms with Gasteiger partial charge in [0.1, 0.15) is 18.9 Å². The number of hydrogen-bond acceptors (Lipinski definition) is 7. The van der Waals surface area contributed by atoms with Gasteiger partial charge in [0, 0.05) is 30.9 Å². The highest BCUT2D eigenvalue weighted by atomic mass is 16.6. The monoisotopic (exact) mass is 474 g/mol. The highest BCUT2D eigenvalue weighted by Crippen LogP contribution is 2.41. The number of hydrogen-bond donors (Lipinski definition) is 0. The standard InChI is InChI=1S/C27H42N2O5/c1-17-18(2)22(34-25(31)27(6,7)8)23(33-21(17)16-32-24(30)26(3,4)5)29-14-10-12-20(29)19-11-9-13-28-15-19/h9,11,13,15,17-18,20-23H,10,12,14,16H2,1-8H3/t17?,18?,20-,21?,22?,23?/m0/s1. The van der Waals surface area contributed by atoms with Gasteiger partial charge in [-0.25, -0.2) is 0 Å². The number of aromatic nitrogens is 1. The summed E-state index contributed by atoms with van der Waals surface area (Å²) in [5, 5.41) is 0. The first-order valence-corrected chi connectivity index (χ1v) is 12.5. The molecule has 0 bridgehead atoms. The van der Waals surface area contributed by atoms with E-state index in [4.69, 9.17) is 14.2 Å². The van der Waals surface area contributed by atoms with Gasteiger partial charge in [0.15, 0.2) is 0 Å². The Labute approximate surface area is 204 Å². The zero-order valence-corrected chi connectivity index (χ0v) is 22.0. The molecule has 0 aliphatic carbocycles. The largest absolute Gasteiger partial charge is 0.463 e. The van der Waals surface area contributed by atoms with E-state index in [2.05, 4.69) is 29.8 Å². The van der Waals surface area contributed by atoms with Gasteiger partial charge in [0.05, 0.1) is 16.9 Å². The number of nitrogens with zero attached hydrogens (tertiary/aromatic N) is 2. The van der Waals surface area contributed by atoms with E-state index in [1.54, 1.807) is 6.20 Å². The van der Waals surface area contributed by atoms with E-state index in [-0.39, 0.29) is 42.5 Å². The molecule has 0 amide bonds. The van der Waals surface area contributed by atoms with Gasteiger partial charge in [0.25, 0.3) is 0 Å². The first kappa shape index (κ1) is 26.6. The SMILES string of the molecule is CC1C(COC(=O)C(C)(C)C)OC(N2CCC[C@H]2c2cccnc2)C(OC(=O)C(C)(C)C)C1C. The van der Waals surface area contributed by atoms with Crippen molar-refractivity contribution in [2.75, 3.05) is 13.2 Å². The van der Waals surface area contributed by atoms with Gasteiger partial charge in [-0.2, -0.15) is 0 Å². The lowest BCUT2D eigenvalue weighted by atomic mass is 9.82. The zero-order valence-electron chi connectivity index (χ0n) is 22.0. The first-order chi connectivity index (χ1) is 15.8. The smallest absolute Gasteiger partial charge is 0.311 e. The molecular weight excluding hydrogens is 432 g/mol. The van der Waals surface area contributed by atoms with E-state index in [0.29, 0.717) is 0 Å². The molecule has 34 heavy (non-hydrogen) atoms. The summed E-state index contributed by atoms with van der Waals surface area (Å²) in [6.45, 7) is 16.3. The third-order valence-corrected chi connectivity index (χ3v) is 7.07. The van der Waals surface area contributed by atoms with Crippen molar-refractivity contribution in [3.63, 3.8) is 0 Å². The number of rotatable bonds is 5. The normalized spacial score (nSPS) is 30.7. The maximum atomic E-state index is 12.9. The van der Waals surface area contributed by atoms with E-state index in [0.717, 1.165) is 24.9 Å². The van der Waals surface area contributed by atoms with E-state index in [1.165, 1.54) is 0 Å². The molecule has 2 fully saturated rings. The molecule has 1 aromatic rings. The van der Waals surface area contributed by atoms with Gasteiger partial charge in [-0.1, -0.05) is 19.9 Å². The van der Waals surface area contributed by atoms with Crippen LogP contribution in [0.4, 0.5) is 0 Å². The summed E-state index contributed by atoms with van der Waals surface area (Å²) in [4.78, 5) is 32.0. The first-order valence-electron chi connectivity index (χ1n) is 12.5. The molecule has 3 rings (SSSR count). The minimum absolute atomic E-state index is 0.0264. The summed E-state index contributed by atoms with van der Waals surface area (Å²) in [6, 6.07) is 4.17. The van der Waals surface area contributed by atoms with Crippen LogP contribution in [0.5, 0.6) is 0 Å². The third kappa shape index (κ3) is 5.98. The van der Waals surface area contributed by atoms with Crippen molar-refractivity contribution in [3.8, 4) is 0 Å². The van der Waals surface area contributed by atoms with Crippen LogP contribution in [-0.2, 0) is 23.8 Å².